The normalized spacial score (nSPS) is 24.1. The van der Waals surface area contributed by atoms with Crippen LogP contribution in [0.5, 0.6) is 11.8 Å². The topological polar surface area (TPSA) is 123 Å². The quantitative estimate of drug-likeness (QED) is 0.180. The number of aromatic nitrogens is 3. The van der Waals surface area contributed by atoms with Crippen LogP contribution < -0.4 is 14.4 Å². The smallest absolute Gasteiger partial charge is 0.410 e. The Hall–Kier alpha value is -4.33. The van der Waals surface area contributed by atoms with E-state index in [0.717, 1.165) is 67.8 Å². The molecule has 0 aliphatic carbocycles. The van der Waals surface area contributed by atoms with Gasteiger partial charge in [-0.1, -0.05) is 25.1 Å². The molecule has 4 fully saturated rings. The van der Waals surface area contributed by atoms with E-state index >= 15 is 4.39 Å². The number of benzene rings is 2. The Labute approximate surface area is 315 Å². The van der Waals surface area contributed by atoms with Gasteiger partial charge in [-0.25, -0.2) is 9.18 Å². The zero-order chi connectivity index (χ0) is 37.8. The summed E-state index contributed by atoms with van der Waals surface area (Å²) in [5, 5.41) is 12.3. The van der Waals surface area contributed by atoms with Crippen LogP contribution in [0.1, 0.15) is 71.8 Å². The maximum atomic E-state index is 17.4. The van der Waals surface area contributed by atoms with Crippen molar-refractivity contribution in [3.05, 3.63) is 47.9 Å². The molecule has 2 aromatic carbocycles. The number of methoxy groups -OCH3 is 1. The summed E-state index contributed by atoms with van der Waals surface area (Å²) in [5.74, 6) is 0.498. The van der Waals surface area contributed by atoms with Crippen molar-refractivity contribution in [1.29, 1.82) is 0 Å². The van der Waals surface area contributed by atoms with E-state index in [1.807, 2.05) is 56.0 Å². The second-order valence-electron chi connectivity index (χ2n) is 16.3. The third-order valence-electron chi connectivity index (χ3n) is 11.8. The lowest BCUT2D eigenvalue weighted by molar-refractivity contribution is 0.0122. The highest BCUT2D eigenvalue weighted by Gasteiger charge is 2.50. The molecule has 1 N–H and O–H groups in total. The van der Waals surface area contributed by atoms with Gasteiger partial charge in [0.15, 0.2) is 12.6 Å². The predicted molar refractivity (Wildman–Crippen MR) is 203 cm³/mol. The number of hydrogen-bond donors (Lipinski definition) is 1. The Morgan fingerprint density at radius 1 is 1.07 bits per heavy atom. The lowest BCUT2D eigenvalue weighted by Crippen LogP contribution is -2.57. The van der Waals surface area contributed by atoms with Gasteiger partial charge in [0.2, 0.25) is 0 Å². The van der Waals surface area contributed by atoms with Crippen molar-refractivity contribution in [3.8, 4) is 23.0 Å². The van der Waals surface area contributed by atoms with Crippen molar-refractivity contribution < 1.29 is 33.2 Å². The number of pyridine rings is 1. The first-order valence-electron chi connectivity index (χ1n) is 19.3. The van der Waals surface area contributed by atoms with E-state index in [1.54, 1.807) is 13.3 Å². The Morgan fingerprint density at radius 2 is 1.87 bits per heavy atom. The van der Waals surface area contributed by atoms with Gasteiger partial charge in [0, 0.05) is 38.0 Å². The molecule has 4 saturated heterocycles. The maximum absolute atomic E-state index is 17.4. The number of anilines is 1. The third-order valence-corrected chi connectivity index (χ3v) is 11.8. The maximum Gasteiger partial charge on any atom is 0.410 e. The van der Waals surface area contributed by atoms with E-state index < -0.39 is 11.4 Å². The lowest BCUT2D eigenvalue weighted by atomic mass is 9.95. The minimum absolute atomic E-state index is 0.0461. The van der Waals surface area contributed by atoms with Crippen LogP contribution in [0.2, 0.25) is 0 Å². The molecule has 2 unspecified atom stereocenters. The number of halogens is 1. The van der Waals surface area contributed by atoms with Crippen LogP contribution in [-0.2, 0) is 15.9 Å². The summed E-state index contributed by atoms with van der Waals surface area (Å²) < 4.78 is 40.7. The number of piperazine rings is 1. The molecule has 4 aliphatic rings. The van der Waals surface area contributed by atoms with Crippen molar-refractivity contribution in [1.82, 2.24) is 24.8 Å². The van der Waals surface area contributed by atoms with Crippen LogP contribution in [0.15, 0.2) is 36.5 Å². The van der Waals surface area contributed by atoms with Gasteiger partial charge in [0.25, 0.3) is 0 Å². The number of fused-ring (bicyclic) bond motifs is 5. The van der Waals surface area contributed by atoms with Crippen LogP contribution in [0.4, 0.5) is 15.0 Å². The molecule has 1 amide bonds. The molecule has 0 spiro atoms. The molecule has 0 saturated carbocycles. The van der Waals surface area contributed by atoms with E-state index in [4.69, 9.17) is 33.9 Å². The molecule has 4 atom stereocenters. The predicted octanol–water partition coefficient (Wildman–Crippen LogP) is 6.49. The first-order valence-corrected chi connectivity index (χ1v) is 19.3. The summed E-state index contributed by atoms with van der Waals surface area (Å²) >= 11 is 0. The fraction of sp³-hybridized carbons (Fsp3) is 0.561. The average Bonchev–Trinajstić information content (AvgIpc) is 3.81. The molecular weight excluding hydrogens is 691 g/mol. The van der Waals surface area contributed by atoms with Gasteiger partial charge in [0.1, 0.15) is 35.0 Å². The number of amides is 1. The summed E-state index contributed by atoms with van der Waals surface area (Å²) in [5.41, 5.74) is 1.11. The minimum Gasteiger partial charge on any atom is -0.468 e. The molecule has 2 aromatic heterocycles. The number of aliphatic hydroxyl groups excluding tert-OH is 1. The second-order valence-corrected chi connectivity index (χ2v) is 16.3. The molecule has 4 aromatic rings. The molecule has 0 radical (unpaired) electrons. The lowest BCUT2D eigenvalue weighted by Gasteiger charge is -2.42. The van der Waals surface area contributed by atoms with Gasteiger partial charge in [0.05, 0.1) is 29.6 Å². The van der Waals surface area contributed by atoms with Crippen LogP contribution in [-0.4, -0.2) is 112 Å². The standard InChI is InChI=1S/C41H51FN6O6/c1-6-25-9-7-10-26-17-30(53-24-51-5)18-31(33(25)26)35-34(42)36-32(19-43-35)37(46-20-27-11-12-28(21-46)48(27)39(50)54-40(2,3)4)45-38(44-36)52-23-41-14-8-16-47(41)29(22-49)13-15-41/h7,9-10,17-19,27-29,49H,6,8,11-16,20-24H2,1-5H3/t27-,28+,29?,41?. The highest BCUT2D eigenvalue weighted by atomic mass is 19.1. The van der Waals surface area contributed by atoms with Crippen LogP contribution in [0.3, 0.4) is 0 Å². The SMILES string of the molecule is CCc1cccc2cc(OCOC)cc(-c3ncc4c(N5C[C@H]6CC[C@@H](C5)N6C(=O)OC(C)(C)C)nc(OCC56CCCN5C(CO)CC6)nc4c3F)c12. The van der Waals surface area contributed by atoms with Gasteiger partial charge in [-0.05, 0) is 101 Å². The van der Waals surface area contributed by atoms with Gasteiger partial charge in [-0.3, -0.25) is 14.8 Å². The van der Waals surface area contributed by atoms with Gasteiger partial charge in [-0.15, -0.1) is 0 Å². The average molecular weight is 743 g/mol. The molecule has 13 heteroatoms. The number of rotatable bonds is 10. The molecule has 4 aliphatic heterocycles. The zero-order valence-electron chi connectivity index (χ0n) is 31.9. The summed E-state index contributed by atoms with van der Waals surface area (Å²) in [6.45, 7) is 10.1. The Bertz CT molecular complexity index is 2040. The largest absolute Gasteiger partial charge is 0.468 e. The number of hydrogen-bond acceptors (Lipinski definition) is 11. The Kier molecular flexibility index (Phi) is 9.76. The highest BCUT2D eigenvalue weighted by Crippen LogP contribution is 2.44. The monoisotopic (exact) mass is 742 g/mol. The molecule has 12 nitrogen and oxygen atoms in total. The first-order chi connectivity index (χ1) is 26.0. The van der Waals surface area contributed by atoms with Crippen molar-refractivity contribution >= 4 is 33.6 Å². The summed E-state index contributed by atoms with van der Waals surface area (Å²) in [6, 6.07) is 9.82. The van der Waals surface area contributed by atoms with E-state index in [2.05, 4.69) is 16.7 Å². The minimum atomic E-state index is -0.604. The highest BCUT2D eigenvalue weighted by molar-refractivity contribution is 6.01. The first kappa shape index (κ1) is 36.6. The molecular formula is C41H51FN6O6. The van der Waals surface area contributed by atoms with Crippen molar-refractivity contribution in [2.24, 2.45) is 0 Å². The summed E-state index contributed by atoms with van der Waals surface area (Å²) in [6.07, 6.45) is 7.57. The van der Waals surface area contributed by atoms with Crippen molar-refractivity contribution in [3.63, 3.8) is 0 Å². The second kappa shape index (κ2) is 14.4. The van der Waals surface area contributed by atoms with Gasteiger partial charge >= 0.3 is 12.1 Å². The van der Waals surface area contributed by atoms with Crippen molar-refractivity contribution in [2.75, 3.05) is 51.7 Å². The van der Waals surface area contributed by atoms with Crippen LogP contribution in [0.25, 0.3) is 32.9 Å². The number of carbonyl (C=O) groups is 1. The number of carbonyl (C=O) groups excluding carboxylic acids is 1. The van der Waals surface area contributed by atoms with Crippen LogP contribution in [0, 0.1) is 5.82 Å². The number of aliphatic hydroxyl groups is 1. The number of ether oxygens (including phenoxy) is 4. The molecule has 8 rings (SSSR count). The summed E-state index contributed by atoms with van der Waals surface area (Å²) in [7, 11) is 1.56. The van der Waals surface area contributed by atoms with Gasteiger partial charge < -0.3 is 29.0 Å². The molecule has 54 heavy (non-hydrogen) atoms. The molecule has 2 bridgehead atoms. The van der Waals surface area contributed by atoms with Crippen LogP contribution >= 0.6 is 0 Å². The Balaban J connectivity index is 1.22. The van der Waals surface area contributed by atoms with E-state index in [1.165, 1.54) is 0 Å². The zero-order valence-corrected chi connectivity index (χ0v) is 31.9. The van der Waals surface area contributed by atoms with E-state index in [-0.39, 0.29) is 60.4 Å². The fourth-order valence-corrected chi connectivity index (χ4v) is 9.38. The van der Waals surface area contributed by atoms with E-state index in [9.17, 15) is 9.90 Å². The van der Waals surface area contributed by atoms with E-state index in [0.29, 0.717) is 42.2 Å². The third kappa shape index (κ3) is 6.57. The fourth-order valence-electron chi connectivity index (χ4n) is 9.38. The molecule has 288 valence electrons. The number of aryl methyl sites for hydroxylation is 1. The molecule has 6 heterocycles. The summed E-state index contributed by atoms with van der Waals surface area (Å²) in [4.78, 5) is 34.2. The van der Waals surface area contributed by atoms with Gasteiger partial charge in [-0.2, -0.15) is 9.97 Å². The van der Waals surface area contributed by atoms with Crippen molar-refractivity contribution in [2.45, 2.75) is 102 Å². The number of nitrogens with zero attached hydrogens (tertiary/aromatic N) is 6. The Morgan fingerprint density at radius 3 is 2.59 bits per heavy atom.